The molecule has 0 saturated carbocycles. The van der Waals surface area contributed by atoms with Crippen molar-refractivity contribution < 1.29 is 0 Å². The van der Waals surface area contributed by atoms with Crippen LogP contribution in [0.1, 0.15) is 5.69 Å². The van der Waals surface area contributed by atoms with E-state index in [1.807, 2.05) is 47.2 Å². The van der Waals surface area contributed by atoms with Crippen LogP contribution in [-0.4, -0.2) is 26.1 Å². The Morgan fingerprint density at radius 1 is 0.821 bits per heavy atom. The number of nitrogens with one attached hydrogen (secondary N) is 1. The van der Waals surface area contributed by atoms with E-state index in [0.29, 0.717) is 0 Å². The normalized spacial score (nSPS) is 11.1. The largest absolute Gasteiger partial charge is 0.368 e. The average molecular weight is 365 g/mol. The molecule has 0 radical (unpaired) electrons. The van der Waals surface area contributed by atoms with Crippen molar-refractivity contribution in [1.29, 1.82) is 0 Å². The molecular weight excluding hydrogens is 346 g/mol. The quantitative estimate of drug-likeness (QED) is 0.495. The maximum absolute atomic E-state index is 4.77. The molecular formula is C23H19N5. The zero-order chi connectivity index (χ0) is 18.8. The maximum Gasteiger partial charge on any atom is 0.154 e. The van der Waals surface area contributed by atoms with Gasteiger partial charge in [-0.3, -0.25) is 4.98 Å². The van der Waals surface area contributed by atoms with Crippen molar-refractivity contribution in [3.8, 4) is 11.3 Å². The molecule has 0 aliphatic carbocycles. The van der Waals surface area contributed by atoms with E-state index in [1.54, 1.807) is 0 Å². The summed E-state index contributed by atoms with van der Waals surface area (Å²) in [5.41, 5.74) is 4.01. The number of hydrogen-bond donors (Lipinski definition) is 1. The van der Waals surface area contributed by atoms with Crippen molar-refractivity contribution in [2.45, 2.75) is 6.42 Å². The van der Waals surface area contributed by atoms with Crippen molar-refractivity contribution in [1.82, 2.24) is 19.6 Å². The summed E-state index contributed by atoms with van der Waals surface area (Å²) in [5.74, 6) is 0.822. The summed E-state index contributed by atoms with van der Waals surface area (Å²) in [7, 11) is 0. The number of imidazole rings is 1. The summed E-state index contributed by atoms with van der Waals surface area (Å²) in [6, 6.07) is 24.6. The number of aromatic nitrogens is 4. The Morgan fingerprint density at radius 3 is 2.64 bits per heavy atom. The molecule has 0 unspecified atom stereocenters. The van der Waals surface area contributed by atoms with Gasteiger partial charge in [-0.25, -0.2) is 9.50 Å². The van der Waals surface area contributed by atoms with Crippen LogP contribution in [0.4, 0.5) is 5.82 Å². The number of pyridine rings is 1. The lowest BCUT2D eigenvalue weighted by Crippen LogP contribution is -2.09. The summed E-state index contributed by atoms with van der Waals surface area (Å²) < 4.78 is 1.91. The molecule has 0 saturated heterocycles. The first-order valence-electron chi connectivity index (χ1n) is 9.35. The van der Waals surface area contributed by atoms with Crippen molar-refractivity contribution in [2.24, 2.45) is 0 Å². The van der Waals surface area contributed by atoms with Gasteiger partial charge in [0.05, 0.1) is 11.9 Å². The van der Waals surface area contributed by atoms with Gasteiger partial charge in [-0.1, -0.05) is 48.5 Å². The molecule has 5 nitrogen and oxygen atoms in total. The van der Waals surface area contributed by atoms with E-state index in [2.05, 4.69) is 57.7 Å². The van der Waals surface area contributed by atoms with Gasteiger partial charge in [0, 0.05) is 30.4 Å². The van der Waals surface area contributed by atoms with Crippen LogP contribution in [-0.2, 0) is 6.42 Å². The van der Waals surface area contributed by atoms with Gasteiger partial charge < -0.3 is 5.32 Å². The van der Waals surface area contributed by atoms with Gasteiger partial charge in [-0.15, -0.1) is 5.10 Å². The predicted octanol–water partition coefficient (Wildman–Crippen LogP) is 4.60. The molecule has 2 aromatic carbocycles. The highest BCUT2D eigenvalue weighted by Gasteiger charge is 2.11. The molecule has 1 N–H and O–H groups in total. The lowest BCUT2D eigenvalue weighted by atomic mass is 10.0. The van der Waals surface area contributed by atoms with Gasteiger partial charge in [0.1, 0.15) is 5.82 Å². The zero-order valence-corrected chi connectivity index (χ0v) is 15.3. The monoisotopic (exact) mass is 365 g/mol. The molecule has 0 bridgehead atoms. The van der Waals surface area contributed by atoms with E-state index in [4.69, 9.17) is 5.10 Å². The summed E-state index contributed by atoms with van der Waals surface area (Å²) in [6.07, 6.45) is 4.56. The Bertz CT molecular complexity index is 1240. The first-order valence-corrected chi connectivity index (χ1v) is 9.35. The van der Waals surface area contributed by atoms with E-state index >= 15 is 0 Å². The molecule has 0 amide bonds. The highest BCUT2D eigenvalue weighted by atomic mass is 15.3. The van der Waals surface area contributed by atoms with Crippen LogP contribution in [0.5, 0.6) is 0 Å². The SMILES string of the molecule is c1ccc(CCNc2ccc3ncc(-c4cccc5ccccc45)n3n2)nc1. The molecule has 0 aliphatic heterocycles. The second-order valence-corrected chi connectivity index (χ2v) is 6.66. The Kier molecular flexibility index (Phi) is 4.18. The van der Waals surface area contributed by atoms with Crippen molar-refractivity contribution in [2.75, 3.05) is 11.9 Å². The molecule has 3 heterocycles. The number of benzene rings is 2. The number of fused-ring (bicyclic) bond motifs is 2. The van der Waals surface area contributed by atoms with Gasteiger partial charge in [0.25, 0.3) is 0 Å². The van der Waals surface area contributed by atoms with E-state index in [-0.39, 0.29) is 0 Å². The smallest absolute Gasteiger partial charge is 0.154 e. The van der Waals surface area contributed by atoms with Crippen molar-refractivity contribution >= 4 is 22.2 Å². The molecule has 0 atom stereocenters. The fourth-order valence-electron chi connectivity index (χ4n) is 3.46. The van der Waals surface area contributed by atoms with Crippen LogP contribution in [0, 0.1) is 0 Å². The fraction of sp³-hybridized carbons (Fsp3) is 0.0870. The minimum atomic E-state index is 0.772. The third-order valence-electron chi connectivity index (χ3n) is 4.84. The molecule has 136 valence electrons. The van der Waals surface area contributed by atoms with E-state index in [9.17, 15) is 0 Å². The lowest BCUT2D eigenvalue weighted by Gasteiger charge is -2.08. The molecule has 5 aromatic rings. The number of rotatable bonds is 5. The second kappa shape index (κ2) is 7.12. The fourth-order valence-corrected chi connectivity index (χ4v) is 3.46. The highest BCUT2D eigenvalue weighted by Crippen LogP contribution is 2.28. The van der Waals surface area contributed by atoms with Crippen LogP contribution in [0.15, 0.2) is 85.2 Å². The number of anilines is 1. The minimum Gasteiger partial charge on any atom is -0.368 e. The number of hydrogen-bond acceptors (Lipinski definition) is 4. The van der Waals surface area contributed by atoms with Crippen molar-refractivity contribution in [3.63, 3.8) is 0 Å². The maximum atomic E-state index is 4.77. The van der Waals surface area contributed by atoms with E-state index in [1.165, 1.54) is 10.8 Å². The molecule has 3 aromatic heterocycles. The standard InChI is InChI=1S/C23H19N5/c1-2-9-19-17(6-1)7-5-10-20(19)21-16-26-23-12-11-22(27-28(21)23)25-15-13-18-8-3-4-14-24-18/h1-12,14,16H,13,15H2,(H,25,27). The second-order valence-electron chi connectivity index (χ2n) is 6.66. The molecule has 5 rings (SSSR count). The molecule has 0 aliphatic rings. The number of nitrogens with zero attached hydrogens (tertiary/aromatic N) is 4. The van der Waals surface area contributed by atoms with Gasteiger partial charge >= 0.3 is 0 Å². The Balaban J connectivity index is 1.47. The summed E-state index contributed by atoms with van der Waals surface area (Å²) in [4.78, 5) is 8.89. The van der Waals surface area contributed by atoms with Gasteiger partial charge in [-0.05, 0) is 35.0 Å². The highest BCUT2D eigenvalue weighted by molar-refractivity contribution is 5.96. The Labute approximate surface area is 162 Å². The molecule has 0 fully saturated rings. The first-order chi connectivity index (χ1) is 13.9. The van der Waals surface area contributed by atoms with E-state index < -0.39 is 0 Å². The lowest BCUT2D eigenvalue weighted by molar-refractivity contribution is 0.908. The van der Waals surface area contributed by atoms with Crippen molar-refractivity contribution in [3.05, 3.63) is 90.9 Å². The van der Waals surface area contributed by atoms with Gasteiger partial charge in [-0.2, -0.15) is 0 Å². The minimum absolute atomic E-state index is 0.772. The van der Waals surface area contributed by atoms with Crippen LogP contribution in [0.2, 0.25) is 0 Å². The third kappa shape index (κ3) is 3.07. The van der Waals surface area contributed by atoms with Crippen LogP contribution in [0.3, 0.4) is 0 Å². The van der Waals surface area contributed by atoms with E-state index in [0.717, 1.165) is 41.4 Å². The molecule has 0 spiro atoms. The van der Waals surface area contributed by atoms with Crippen LogP contribution >= 0.6 is 0 Å². The Morgan fingerprint density at radius 2 is 1.71 bits per heavy atom. The molecule has 28 heavy (non-hydrogen) atoms. The first kappa shape index (κ1) is 16.4. The zero-order valence-electron chi connectivity index (χ0n) is 15.3. The summed E-state index contributed by atoms with van der Waals surface area (Å²) in [5, 5.41) is 10.6. The van der Waals surface area contributed by atoms with Crippen LogP contribution < -0.4 is 5.32 Å². The topological polar surface area (TPSA) is 55.1 Å². The predicted molar refractivity (Wildman–Crippen MR) is 112 cm³/mol. The summed E-state index contributed by atoms with van der Waals surface area (Å²) >= 11 is 0. The third-order valence-corrected chi connectivity index (χ3v) is 4.84. The summed E-state index contributed by atoms with van der Waals surface area (Å²) in [6.45, 7) is 0.772. The average Bonchev–Trinajstić information content (AvgIpc) is 3.17. The van der Waals surface area contributed by atoms with Crippen LogP contribution in [0.25, 0.3) is 27.7 Å². The Hall–Kier alpha value is -3.73. The molecule has 5 heteroatoms. The van der Waals surface area contributed by atoms with Gasteiger partial charge in [0.15, 0.2) is 5.65 Å². The van der Waals surface area contributed by atoms with Gasteiger partial charge in [0.2, 0.25) is 0 Å².